The van der Waals surface area contributed by atoms with Gasteiger partial charge in [0, 0.05) is 18.5 Å². The molecule has 0 atom stereocenters. The van der Waals surface area contributed by atoms with E-state index in [0.717, 1.165) is 32.0 Å². The van der Waals surface area contributed by atoms with Crippen LogP contribution in [0.2, 0.25) is 0 Å². The second-order valence-corrected chi connectivity index (χ2v) is 5.62. The minimum absolute atomic E-state index is 0. The van der Waals surface area contributed by atoms with Crippen LogP contribution in [0.15, 0.2) is 35.3 Å². The van der Waals surface area contributed by atoms with Crippen molar-refractivity contribution >= 4 is 29.9 Å². The number of nitrogens with zero attached hydrogens (tertiary/aromatic N) is 1. The lowest BCUT2D eigenvalue weighted by Crippen LogP contribution is -2.41. The van der Waals surface area contributed by atoms with Gasteiger partial charge in [-0.2, -0.15) is 0 Å². The molecular weight excluding hydrogens is 373 g/mol. The molecule has 1 aromatic rings. The van der Waals surface area contributed by atoms with Crippen LogP contribution in [0.4, 0.5) is 0 Å². The molecule has 1 aliphatic rings. The lowest BCUT2D eigenvalue weighted by molar-refractivity contribution is 0.253. The predicted molar refractivity (Wildman–Crippen MR) is 102 cm³/mol. The quantitative estimate of drug-likeness (QED) is 0.433. The monoisotopic (exact) mass is 401 g/mol. The highest BCUT2D eigenvalue weighted by Gasteiger charge is 2.38. The highest BCUT2D eigenvalue weighted by atomic mass is 127. The molecule has 2 rings (SSSR count). The fraction of sp³-hybridized carbons (Fsp3) is 0.588. The molecule has 118 valence electrons. The minimum atomic E-state index is 0. The molecule has 0 unspecified atom stereocenters. The van der Waals surface area contributed by atoms with Gasteiger partial charge in [-0.3, -0.25) is 4.99 Å². The van der Waals surface area contributed by atoms with Gasteiger partial charge in [0.2, 0.25) is 0 Å². The molecule has 1 aromatic carbocycles. The summed E-state index contributed by atoms with van der Waals surface area (Å²) in [6, 6.07) is 10.9. The Balaban J connectivity index is 0.00000220. The van der Waals surface area contributed by atoms with E-state index in [2.05, 4.69) is 54.8 Å². The largest absolute Gasteiger partial charge is 0.357 e. The van der Waals surface area contributed by atoms with Gasteiger partial charge in [-0.05, 0) is 31.7 Å². The third kappa shape index (κ3) is 4.87. The van der Waals surface area contributed by atoms with Crippen LogP contribution in [0.5, 0.6) is 0 Å². The number of halogens is 1. The van der Waals surface area contributed by atoms with Gasteiger partial charge in [-0.1, -0.05) is 43.7 Å². The van der Waals surface area contributed by atoms with Gasteiger partial charge in [0.15, 0.2) is 5.96 Å². The lowest BCUT2D eigenvalue weighted by atomic mass is 9.64. The summed E-state index contributed by atoms with van der Waals surface area (Å²) in [4.78, 5) is 4.82. The number of aliphatic imine (C=N–C) groups is 1. The molecule has 0 aromatic heterocycles. The number of rotatable bonds is 6. The Labute approximate surface area is 146 Å². The van der Waals surface area contributed by atoms with Gasteiger partial charge in [0.25, 0.3) is 0 Å². The van der Waals surface area contributed by atoms with E-state index in [9.17, 15) is 0 Å². The molecule has 4 heteroatoms. The highest BCUT2D eigenvalue weighted by molar-refractivity contribution is 14.0. The fourth-order valence-electron chi connectivity index (χ4n) is 2.75. The first-order valence-corrected chi connectivity index (χ1v) is 7.88. The molecule has 0 amide bonds. The number of guanidine groups is 1. The van der Waals surface area contributed by atoms with E-state index in [4.69, 9.17) is 4.99 Å². The number of nitrogens with one attached hydrogen (secondary N) is 2. The topological polar surface area (TPSA) is 36.4 Å². The smallest absolute Gasteiger partial charge is 0.191 e. The summed E-state index contributed by atoms with van der Waals surface area (Å²) in [6.45, 7) is 7.06. The van der Waals surface area contributed by atoms with Crippen LogP contribution in [-0.2, 0) is 5.41 Å². The molecule has 0 spiro atoms. The van der Waals surface area contributed by atoms with Crippen LogP contribution in [0.25, 0.3) is 0 Å². The van der Waals surface area contributed by atoms with E-state index in [-0.39, 0.29) is 29.4 Å². The van der Waals surface area contributed by atoms with Crippen LogP contribution in [0, 0.1) is 0 Å². The highest BCUT2D eigenvalue weighted by Crippen LogP contribution is 2.43. The predicted octanol–water partition coefficient (Wildman–Crippen LogP) is 3.69. The van der Waals surface area contributed by atoms with E-state index in [0.29, 0.717) is 0 Å². The van der Waals surface area contributed by atoms with Gasteiger partial charge in [0.1, 0.15) is 0 Å². The summed E-state index contributed by atoms with van der Waals surface area (Å²) in [7, 11) is 0. The zero-order valence-corrected chi connectivity index (χ0v) is 15.5. The van der Waals surface area contributed by atoms with E-state index in [1.807, 2.05) is 0 Å². The summed E-state index contributed by atoms with van der Waals surface area (Å²) < 4.78 is 0. The van der Waals surface area contributed by atoms with E-state index in [1.54, 1.807) is 0 Å². The summed E-state index contributed by atoms with van der Waals surface area (Å²) in [5.41, 5.74) is 1.72. The van der Waals surface area contributed by atoms with Crippen molar-refractivity contribution in [3.8, 4) is 0 Å². The van der Waals surface area contributed by atoms with Gasteiger partial charge in [-0.25, -0.2) is 0 Å². The van der Waals surface area contributed by atoms with E-state index >= 15 is 0 Å². The second-order valence-electron chi connectivity index (χ2n) is 5.62. The number of hydrogen-bond donors (Lipinski definition) is 2. The summed E-state index contributed by atoms with van der Waals surface area (Å²) in [5, 5.41) is 6.71. The van der Waals surface area contributed by atoms with Crippen molar-refractivity contribution in [2.24, 2.45) is 4.99 Å². The van der Waals surface area contributed by atoms with Gasteiger partial charge < -0.3 is 10.6 Å². The molecule has 0 radical (unpaired) electrons. The first-order chi connectivity index (χ1) is 9.80. The average molecular weight is 401 g/mol. The third-order valence-corrected chi connectivity index (χ3v) is 4.12. The van der Waals surface area contributed by atoms with Gasteiger partial charge in [-0.15, -0.1) is 24.0 Å². The van der Waals surface area contributed by atoms with E-state index < -0.39 is 0 Å². The molecule has 0 saturated heterocycles. The zero-order valence-electron chi connectivity index (χ0n) is 13.2. The molecule has 2 N–H and O–H groups in total. The Morgan fingerprint density at radius 3 is 2.38 bits per heavy atom. The van der Waals surface area contributed by atoms with Crippen LogP contribution in [0.1, 0.15) is 45.1 Å². The van der Waals surface area contributed by atoms with Gasteiger partial charge in [0.05, 0.1) is 6.54 Å². The second kappa shape index (κ2) is 9.28. The Hall–Kier alpha value is -0.780. The van der Waals surface area contributed by atoms with Crippen LogP contribution in [0.3, 0.4) is 0 Å². The number of hydrogen-bond acceptors (Lipinski definition) is 1. The summed E-state index contributed by atoms with van der Waals surface area (Å²) in [5.74, 6) is 0.955. The maximum atomic E-state index is 4.82. The van der Waals surface area contributed by atoms with Crippen LogP contribution < -0.4 is 10.6 Å². The zero-order chi connectivity index (χ0) is 14.3. The molecular formula is C17H28IN3. The molecule has 3 nitrogen and oxygen atoms in total. The first kappa shape index (κ1) is 18.3. The third-order valence-electron chi connectivity index (χ3n) is 4.12. The van der Waals surface area contributed by atoms with Gasteiger partial charge >= 0.3 is 0 Å². The molecule has 0 bridgehead atoms. The number of benzene rings is 1. The van der Waals surface area contributed by atoms with Crippen molar-refractivity contribution < 1.29 is 0 Å². The molecule has 0 heterocycles. The molecule has 1 saturated carbocycles. The van der Waals surface area contributed by atoms with Crippen molar-refractivity contribution in [3.05, 3.63) is 35.9 Å². The average Bonchev–Trinajstić information content (AvgIpc) is 2.44. The van der Waals surface area contributed by atoms with Crippen LogP contribution in [-0.4, -0.2) is 25.6 Å². The lowest BCUT2D eigenvalue weighted by Gasteiger charge is -2.41. The standard InChI is InChI=1S/C17H27N3.HI/c1-3-13-19-16(18-4-2)20-14-17(11-8-12-17)15-9-6-5-7-10-15;/h5-7,9-10H,3-4,8,11-14H2,1-2H3,(H2,18,19,20);1H. The first-order valence-electron chi connectivity index (χ1n) is 7.88. The van der Waals surface area contributed by atoms with Crippen molar-refractivity contribution in [2.45, 2.75) is 44.9 Å². The fourth-order valence-corrected chi connectivity index (χ4v) is 2.75. The van der Waals surface area contributed by atoms with E-state index in [1.165, 1.54) is 24.8 Å². The Kier molecular flexibility index (Phi) is 8.07. The van der Waals surface area contributed by atoms with Crippen molar-refractivity contribution in [2.75, 3.05) is 19.6 Å². The van der Waals surface area contributed by atoms with Crippen molar-refractivity contribution in [3.63, 3.8) is 0 Å². The molecule has 1 fully saturated rings. The maximum absolute atomic E-state index is 4.82. The summed E-state index contributed by atoms with van der Waals surface area (Å²) in [6.07, 6.45) is 4.96. The van der Waals surface area contributed by atoms with Crippen molar-refractivity contribution in [1.82, 2.24) is 10.6 Å². The van der Waals surface area contributed by atoms with Crippen molar-refractivity contribution in [1.29, 1.82) is 0 Å². The Morgan fingerprint density at radius 2 is 1.86 bits per heavy atom. The Morgan fingerprint density at radius 1 is 1.14 bits per heavy atom. The normalized spacial score (nSPS) is 16.6. The Bertz CT molecular complexity index is 427. The molecule has 21 heavy (non-hydrogen) atoms. The SMILES string of the molecule is CCCNC(=NCC1(c2ccccc2)CCC1)NCC.I. The molecule has 0 aliphatic heterocycles. The summed E-state index contributed by atoms with van der Waals surface area (Å²) >= 11 is 0. The molecule has 1 aliphatic carbocycles. The van der Waals surface area contributed by atoms with Crippen LogP contribution >= 0.6 is 24.0 Å². The minimum Gasteiger partial charge on any atom is -0.357 e. The maximum Gasteiger partial charge on any atom is 0.191 e.